The van der Waals surface area contributed by atoms with E-state index in [4.69, 9.17) is 0 Å². The summed E-state index contributed by atoms with van der Waals surface area (Å²) in [4.78, 5) is 0. The van der Waals surface area contributed by atoms with Crippen LogP contribution in [0.1, 0.15) is 13.8 Å². The Balaban J connectivity index is 3.16. The summed E-state index contributed by atoms with van der Waals surface area (Å²) in [6.45, 7) is 8.68. The molecule has 0 aromatic carbocycles. The van der Waals surface area contributed by atoms with Crippen LogP contribution >= 0.6 is 0 Å². The second-order valence-corrected chi connectivity index (χ2v) is 2.00. The largest absolute Gasteiger partial charge is 0.307 e. The van der Waals surface area contributed by atoms with Gasteiger partial charge in [-0.25, -0.2) is 0 Å². The average Bonchev–Trinajstić information content (AvgIpc) is 1.89. The molecule has 0 aliphatic rings. The van der Waals surface area contributed by atoms with Crippen LogP contribution in [0.2, 0.25) is 0 Å². The van der Waals surface area contributed by atoms with E-state index in [0.717, 1.165) is 6.54 Å². The maximum Gasteiger partial charge on any atom is 0.0222 e. The van der Waals surface area contributed by atoms with E-state index in [1.807, 2.05) is 19.1 Å². The first-order chi connectivity index (χ1) is 4.31. The van der Waals surface area contributed by atoms with Crippen molar-refractivity contribution in [2.45, 2.75) is 19.9 Å². The smallest absolute Gasteiger partial charge is 0.0222 e. The van der Waals surface area contributed by atoms with Gasteiger partial charge in [0, 0.05) is 12.6 Å². The van der Waals surface area contributed by atoms with Crippen molar-refractivity contribution in [3.05, 3.63) is 24.8 Å². The molecular formula is C8H15N. The standard InChI is InChI=1S/C8H15N/c1-4-6-7-9-8(3)5-2/h4-6,8-9H,2,7H2,1,3H3. The minimum absolute atomic E-state index is 0.418. The third-order valence-corrected chi connectivity index (χ3v) is 1.15. The van der Waals surface area contributed by atoms with Crippen molar-refractivity contribution in [2.75, 3.05) is 6.54 Å². The lowest BCUT2D eigenvalue weighted by molar-refractivity contribution is 0.686. The van der Waals surface area contributed by atoms with Gasteiger partial charge in [0.05, 0.1) is 0 Å². The Labute approximate surface area is 57.5 Å². The van der Waals surface area contributed by atoms with Gasteiger partial charge in [0.1, 0.15) is 0 Å². The second kappa shape index (κ2) is 5.57. The predicted molar refractivity (Wildman–Crippen MR) is 42.5 cm³/mol. The molecule has 0 rings (SSSR count). The molecule has 0 heterocycles. The molecule has 1 unspecified atom stereocenters. The predicted octanol–water partition coefficient (Wildman–Crippen LogP) is 1.73. The Bertz CT molecular complexity index is 94.7. The first-order valence-corrected chi connectivity index (χ1v) is 3.28. The van der Waals surface area contributed by atoms with Crippen LogP contribution in [0.15, 0.2) is 24.8 Å². The SMILES string of the molecule is C=CC(C)NCC=CC. The summed E-state index contributed by atoms with van der Waals surface area (Å²) in [7, 11) is 0. The first-order valence-electron chi connectivity index (χ1n) is 3.28. The summed E-state index contributed by atoms with van der Waals surface area (Å²) in [6, 6.07) is 0.418. The summed E-state index contributed by atoms with van der Waals surface area (Å²) in [5.74, 6) is 0. The molecule has 0 aromatic rings. The zero-order valence-corrected chi connectivity index (χ0v) is 6.22. The van der Waals surface area contributed by atoms with Gasteiger partial charge in [0.15, 0.2) is 0 Å². The fourth-order valence-corrected chi connectivity index (χ4v) is 0.455. The van der Waals surface area contributed by atoms with Crippen molar-refractivity contribution in [3.8, 4) is 0 Å². The minimum Gasteiger partial charge on any atom is -0.307 e. The number of rotatable bonds is 4. The Hall–Kier alpha value is -0.560. The third-order valence-electron chi connectivity index (χ3n) is 1.15. The molecule has 0 bridgehead atoms. The monoisotopic (exact) mass is 125 g/mol. The normalized spacial score (nSPS) is 14.0. The highest BCUT2D eigenvalue weighted by atomic mass is 14.9. The Morgan fingerprint density at radius 1 is 1.67 bits per heavy atom. The summed E-state index contributed by atoms with van der Waals surface area (Å²) < 4.78 is 0. The van der Waals surface area contributed by atoms with Crippen LogP contribution in [0.25, 0.3) is 0 Å². The lowest BCUT2D eigenvalue weighted by atomic mass is 10.3. The summed E-state index contributed by atoms with van der Waals surface area (Å²) in [5.41, 5.74) is 0. The molecule has 0 aromatic heterocycles. The molecule has 0 aliphatic heterocycles. The van der Waals surface area contributed by atoms with E-state index in [1.54, 1.807) is 0 Å². The fourth-order valence-electron chi connectivity index (χ4n) is 0.455. The highest BCUT2D eigenvalue weighted by Crippen LogP contribution is 1.79. The van der Waals surface area contributed by atoms with Crippen molar-refractivity contribution in [3.63, 3.8) is 0 Å². The van der Waals surface area contributed by atoms with Crippen LogP contribution in [-0.2, 0) is 0 Å². The molecule has 0 saturated carbocycles. The molecule has 0 spiro atoms. The highest BCUT2D eigenvalue weighted by Gasteiger charge is 1.87. The van der Waals surface area contributed by atoms with Gasteiger partial charge < -0.3 is 5.32 Å². The van der Waals surface area contributed by atoms with E-state index < -0.39 is 0 Å². The van der Waals surface area contributed by atoms with Gasteiger partial charge in [-0.15, -0.1) is 6.58 Å². The topological polar surface area (TPSA) is 12.0 Å². The van der Waals surface area contributed by atoms with Crippen molar-refractivity contribution in [1.82, 2.24) is 5.32 Å². The third kappa shape index (κ3) is 5.31. The van der Waals surface area contributed by atoms with Crippen LogP contribution < -0.4 is 5.32 Å². The molecule has 1 heteroatoms. The first kappa shape index (κ1) is 8.44. The highest BCUT2D eigenvalue weighted by molar-refractivity contribution is 4.86. The zero-order valence-electron chi connectivity index (χ0n) is 6.22. The molecule has 9 heavy (non-hydrogen) atoms. The van der Waals surface area contributed by atoms with Gasteiger partial charge in [-0.2, -0.15) is 0 Å². The molecule has 0 saturated heterocycles. The van der Waals surface area contributed by atoms with Gasteiger partial charge in [-0.1, -0.05) is 18.2 Å². The maximum atomic E-state index is 3.65. The fraction of sp³-hybridized carbons (Fsp3) is 0.500. The van der Waals surface area contributed by atoms with Crippen molar-refractivity contribution in [1.29, 1.82) is 0 Å². The van der Waals surface area contributed by atoms with E-state index in [-0.39, 0.29) is 0 Å². The number of hydrogen-bond acceptors (Lipinski definition) is 1. The molecule has 0 amide bonds. The Kier molecular flexibility index (Phi) is 5.23. The number of allylic oxidation sites excluding steroid dienone is 1. The Morgan fingerprint density at radius 3 is 2.78 bits per heavy atom. The van der Waals surface area contributed by atoms with Crippen LogP contribution in [0, 0.1) is 0 Å². The Morgan fingerprint density at radius 2 is 2.33 bits per heavy atom. The van der Waals surface area contributed by atoms with Gasteiger partial charge in [-0.3, -0.25) is 0 Å². The average molecular weight is 125 g/mol. The quantitative estimate of drug-likeness (QED) is 0.564. The maximum absolute atomic E-state index is 3.65. The zero-order chi connectivity index (χ0) is 7.11. The molecule has 1 N–H and O–H groups in total. The summed E-state index contributed by atoms with van der Waals surface area (Å²) in [6.07, 6.45) is 6.01. The molecule has 52 valence electrons. The van der Waals surface area contributed by atoms with Gasteiger partial charge >= 0.3 is 0 Å². The van der Waals surface area contributed by atoms with Gasteiger partial charge in [0.25, 0.3) is 0 Å². The molecule has 0 radical (unpaired) electrons. The van der Waals surface area contributed by atoms with E-state index >= 15 is 0 Å². The molecular weight excluding hydrogens is 110 g/mol. The summed E-state index contributed by atoms with van der Waals surface area (Å²) in [5, 5.41) is 3.23. The van der Waals surface area contributed by atoms with Crippen molar-refractivity contribution in [2.24, 2.45) is 0 Å². The molecule has 1 nitrogen and oxygen atoms in total. The van der Waals surface area contributed by atoms with Crippen LogP contribution in [-0.4, -0.2) is 12.6 Å². The van der Waals surface area contributed by atoms with Crippen LogP contribution in [0.5, 0.6) is 0 Å². The van der Waals surface area contributed by atoms with Crippen molar-refractivity contribution < 1.29 is 0 Å². The van der Waals surface area contributed by atoms with E-state index in [1.165, 1.54) is 0 Å². The summed E-state index contributed by atoms with van der Waals surface area (Å²) >= 11 is 0. The molecule has 0 aliphatic carbocycles. The number of hydrogen-bond donors (Lipinski definition) is 1. The van der Waals surface area contributed by atoms with E-state index in [0.29, 0.717) is 6.04 Å². The van der Waals surface area contributed by atoms with Gasteiger partial charge in [-0.05, 0) is 13.8 Å². The minimum atomic E-state index is 0.418. The number of nitrogens with one attached hydrogen (secondary N) is 1. The van der Waals surface area contributed by atoms with Crippen molar-refractivity contribution >= 4 is 0 Å². The lowest BCUT2D eigenvalue weighted by Gasteiger charge is -2.04. The lowest BCUT2D eigenvalue weighted by Crippen LogP contribution is -2.23. The van der Waals surface area contributed by atoms with Crippen LogP contribution in [0.3, 0.4) is 0 Å². The second-order valence-electron chi connectivity index (χ2n) is 2.00. The van der Waals surface area contributed by atoms with Crippen LogP contribution in [0.4, 0.5) is 0 Å². The van der Waals surface area contributed by atoms with E-state index in [9.17, 15) is 0 Å². The van der Waals surface area contributed by atoms with E-state index in [2.05, 4.69) is 24.9 Å². The molecule has 0 fully saturated rings. The molecule has 1 atom stereocenters. The van der Waals surface area contributed by atoms with Gasteiger partial charge in [0.2, 0.25) is 0 Å².